The van der Waals surface area contributed by atoms with Crippen molar-refractivity contribution in [3.8, 4) is 0 Å². The second-order valence-electron chi connectivity index (χ2n) is 6.98. The fourth-order valence-electron chi connectivity index (χ4n) is 3.55. The van der Waals surface area contributed by atoms with Crippen LogP contribution in [0.15, 0.2) is 24.3 Å². The van der Waals surface area contributed by atoms with E-state index in [-0.39, 0.29) is 23.1 Å². The largest absolute Gasteiger partial charge is 0.478 e. The molecule has 1 unspecified atom stereocenters. The maximum Gasteiger partial charge on any atom is 0.337 e. The number of para-hydroxylation sites is 1. The van der Waals surface area contributed by atoms with Crippen LogP contribution in [-0.2, 0) is 14.3 Å². The molecule has 130 valence electrons. The topological polar surface area (TPSA) is 92.7 Å². The van der Waals surface area contributed by atoms with Gasteiger partial charge in [0.2, 0.25) is 5.91 Å². The number of carboxylic acids is 1. The van der Waals surface area contributed by atoms with Crippen LogP contribution in [0.3, 0.4) is 0 Å². The van der Waals surface area contributed by atoms with Crippen molar-refractivity contribution in [2.24, 2.45) is 16.7 Å². The standard InChI is InChI=1S/C18H23NO5/c1-17(2)12(9-10-18(17,3)16(23)24-4)14(20)19-13-8-6-5-7-11(13)15(21)22/h5-8,12H,9-10H2,1-4H3,(H,19,20)(H,21,22)/t12?,18-/m1/s1. The van der Waals surface area contributed by atoms with E-state index < -0.39 is 22.7 Å². The molecular formula is C18H23NO5. The van der Waals surface area contributed by atoms with Crippen molar-refractivity contribution in [2.45, 2.75) is 33.6 Å². The molecule has 1 aromatic carbocycles. The van der Waals surface area contributed by atoms with E-state index in [2.05, 4.69) is 5.32 Å². The number of carbonyl (C=O) groups excluding carboxylic acids is 2. The van der Waals surface area contributed by atoms with Gasteiger partial charge in [-0.25, -0.2) is 4.79 Å². The van der Waals surface area contributed by atoms with E-state index in [0.717, 1.165) is 0 Å². The Kier molecular flexibility index (Phi) is 4.69. The van der Waals surface area contributed by atoms with Gasteiger partial charge in [-0.3, -0.25) is 9.59 Å². The van der Waals surface area contributed by atoms with Gasteiger partial charge in [0.25, 0.3) is 0 Å². The second kappa shape index (κ2) is 6.26. The molecule has 0 heterocycles. The van der Waals surface area contributed by atoms with Crippen LogP contribution in [0, 0.1) is 16.7 Å². The molecule has 0 aromatic heterocycles. The first kappa shape index (κ1) is 18.0. The maximum absolute atomic E-state index is 12.7. The number of carboxylic acid groups (broad SMARTS) is 1. The zero-order valence-corrected chi connectivity index (χ0v) is 14.4. The predicted octanol–water partition coefficient (Wildman–Crippen LogP) is 2.94. The van der Waals surface area contributed by atoms with Gasteiger partial charge in [-0.15, -0.1) is 0 Å². The van der Waals surface area contributed by atoms with Crippen LogP contribution in [0.5, 0.6) is 0 Å². The van der Waals surface area contributed by atoms with Crippen LogP contribution >= 0.6 is 0 Å². The molecule has 2 atom stereocenters. The third-order valence-corrected chi connectivity index (χ3v) is 5.59. The third-order valence-electron chi connectivity index (χ3n) is 5.59. The van der Waals surface area contributed by atoms with Gasteiger partial charge in [0.1, 0.15) is 0 Å². The number of nitrogens with one attached hydrogen (secondary N) is 1. The highest BCUT2D eigenvalue weighted by Gasteiger charge is 2.58. The molecule has 1 saturated carbocycles. The van der Waals surface area contributed by atoms with Crippen LogP contribution < -0.4 is 5.32 Å². The fourth-order valence-corrected chi connectivity index (χ4v) is 3.55. The first-order chi connectivity index (χ1) is 11.1. The quantitative estimate of drug-likeness (QED) is 0.826. The summed E-state index contributed by atoms with van der Waals surface area (Å²) < 4.78 is 4.92. The summed E-state index contributed by atoms with van der Waals surface area (Å²) in [5.41, 5.74) is -1.06. The van der Waals surface area contributed by atoms with E-state index in [1.165, 1.54) is 13.2 Å². The van der Waals surface area contributed by atoms with Gasteiger partial charge in [-0.1, -0.05) is 26.0 Å². The number of esters is 1. The van der Waals surface area contributed by atoms with Crippen molar-refractivity contribution in [2.75, 3.05) is 12.4 Å². The molecule has 2 N–H and O–H groups in total. The number of aromatic carboxylic acids is 1. The smallest absolute Gasteiger partial charge is 0.337 e. The second-order valence-corrected chi connectivity index (χ2v) is 6.98. The number of anilines is 1. The Labute approximate surface area is 141 Å². The Bertz CT molecular complexity index is 682. The summed E-state index contributed by atoms with van der Waals surface area (Å²) in [6, 6.07) is 6.27. The predicted molar refractivity (Wildman–Crippen MR) is 88.7 cm³/mol. The summed E-state index contributed by atoms with van der Waals surface area (Å²) in [5, 5.41) is 11.9. The van der Waals surface area contributed by atoms with Gasteiger partial charge in [0, 0.05) is 5.92 Å². The molecule has 6 nitrogen and oxygen atoms in total. The van der Waals surface area contributed by atoms with Crippen LogP contribution in [0.25, 0.3) is 0 Å². The zero-order chi connectivity index (χ0) is 18.1. The highest BCUT2D eigenvalue weighted by molar-refractivity contribution is 6.01. The summed E-state index contributed by atoms with van der Waals surface area (Å²) in [5.74, 6) is -2.12. The summed E-state index contributed by atoms with van der Waals surface area (Å²) in [6.45, 7) is 5.58. The molecule has 6 heteroatoms. The minimum Gasteiger partial charge on any atom is -0.478 e. The molecule has 0 radical (unpaired) electrons. The van der Waals surface area contributed by atoms with Crippen LogP contribution in [0.1, 0.15) is 44.0 Å². The number of methoxy groups -OCH3 is 1. The molecule has 1 amide bonds. The number of ether oxygens (including phenoxy) is 1. The highest BCUT2D eigenvalue weighted by atomic mass is 16.5. The molecule has 2 rings (SSSR count). The van der Waals surface area contributed by atoms with Crippen LogP contribution in [0.4, 0.5) is 5.69 Å². The van der Waals surface area contributed by atoms with E-state index >= 15 is 0 Å². The summed E-state index contributed by atoms with van der Waals surface area (Å²) in [6.07, 6.45) is 1.09. The minimum atomic E-state index is -1.10. The molecule has 0 aliphatic heterocycles. The van der Waals surface area contributed by atoms with Gasteiger partial charge >= 0.3 is 11.9 Å². The maximum atomic E-state index is 12.7. The first-order valence-corrected chi connectivity index (χ1v) is 7.86. The van der Waals surface area contributed by atoms with Crippen molar-refractivity contribution in [1.82, 2.24) is 0 Å². The molecule has 1 aliphatic carbocycles. The van der Waals surface area contributed by atoms with E-state index in [4.69, 9.17) is 4.74 Å². The van der Waals surface area contributed by atoms with Crippen molar-refractivity contribution in [3.63, 3.8) is 0 Å². The molecular weight excluding hydrogens is 310 g/mol. The van der Waals surface area contributed by atoms with Gasteiger partial charge in [-0.05, 0) is 37.3 Å². The molecule has 24 heavy (non-hydrogen) atoms. The van der Waals surface area contributed by atoms with Crippen LogP contribution in [0.2, 0.25) is 0 Å². The minimum absolute atomic E-state index is 0.0392. The van der Waals surface area contributed by atoms with E-state index in [1.54, 1.807) is 18.2 Å². The summed E-state index contributed by atoms with van der Waals surface area (Å²) in [4.78, 5) is 36.2. The Hall–Kier alpha value is -2.37. The van der Waals surface area contributed by atoms with Gasteiger partial charge in [0.05, 0.1) is 23.8 Å². The number of benzene rings is 1. The average molecular weight is 333 g/mol. The third kappa shape index (κ3) is 2.77. The SMILES string of the molecule is COC(=O)[C@@]1(C)CCC(C(=O)Nc2ccccc2C(=O)O)C1(C)C. The Morgan fingerprint density at radius 1 is 1.21 bits per heavy atom. The average Bonchev–Trinajstić information content (AvgIpc) is 2.78. The zero-order valence-electron chi connectivity index (χ0n) is 14.4. The summed E-state index contributed by atoms with van der Waals surface area (Å²) >= 11 is 0. The molecule has 0 saturated heterocycles. The number of carbonyl (C=O) groups is 3. The number of amides is 1. The Morgan fingerprint density at radius 2 is 1.83 bits per heavy atom. The normalized spacial score (nSPS) is 25.1. The number of hydrogen-bond acceptors (Lipinski definition) is 4. The highest BCUT2D eigenvalue weighted by Crippen LogP contribution is 2.56. The van der Waals surface area contributed by atoms with Crippen molar-refractivity contribution < 1.29 is 24.2 Å². The number of hydrogen-bond donors (Lipinski definition) is 2. The Morgan fingerprint density at radius 3 is 2.42 bits per heavy atom. The Balaban J connectivity index is 2.26. The van der Waals surface area contributed by atoms with Gasteiger partial charge in [-0.2, -0.15) is 0 Å². The van der Waals surface area contributed by atoms with Gasteiger partial charge in [0.15, 0.2) is 0 Å². The molecule has 1 aliphatic rings. The molecule has 0 bridgehead atoms. The summed E-state index contributed by atoms with van der Waals surface area (Å²) in [7, 11) is 1.35. The lowest BCUT2D eigenvalue weighted by molar-refractivity contribution is -0.158. The number of rotatable bonds is 4. The molecule has 0 spiro atoms. The monoisotopic (exact) mass is 333 g/mol. The van der Waals surface area contributed by atoms with Gasteiger partial charge < -0.3 is 15.2 Å². The van der Waals surface area contributed by atoms with E-state index in [0.29, 0.717) is 12.8 Å². The van der Waals surface area contributed by atoms with Crippen LogP contribution in [-0.4, -0.2) is 30.1 Å². The molecule has 1 aromatic rings. The van der Waals surface area contributed by atoms with E-state index in [9.17, 15) is 19.5 Å². The lowest BCUT2D eigenvalue weighted by Gasteiger charge is -2.38. The van der Waals surface area contributed by atoms with E-state index in [1.807, 2.05) is 20.8 Å². The fraction of sp³-hybridized carbons (Fsp3) is 0.500. The lowest BCUT2D eigenvalue weighted by atomic mass is 9.65. The lowest BCUT2D eigenvalue weighted by Crippen LogP contribution is -2.44. The van der Waals surface area contributed by atoms with Crippen molar-refractivity contribution in [1.29, 1.82) is 0 Å². The van der Waals surface area contributed by atoms with Crippen molar-refractivity contribution >= 4 is 23.5 Å². The van der Waals surface area contributed by atoms with Crippen molar-refractivity contribution in [3.05, 3.63) is 29.8 Å². The molecule has 1 fully saturated rings. The first-order valence-electron chi connectivity index (χ1n) is 7.86.